The first-order valence-electron chi connectivity index (χ1n) is 7.19. The average molecular weight is 290 g/mol. The van der Waals surface area contributed by atoms with Gasteiger partial charge >= 0.3 is 6.09 Å². The Morgan fingerprint density at radius 2 is 1.95 bits per heavy atom. The van der Waals surface area contributed by atoms with Crippen LogP contribution in [0.25, 0.3) is 0 Å². The summed E-state index contributed by atoms with van der Waals surface area (Å²) in [6.45, 7) is 7.68. The summed E-state index contributed by atoms with van der Waals surface area (Å²) < 4.78 is 10.3. The molecule has 0 aliphatic heterocycles. The lowest BCUT2D eigenvalue weighted by molar-refractivity contribution is 0.0526. The van der Waals surface area contributed by atoms with Crippen molar-refractivity contribution < 1.29 is 19.4 Å². The molecule has 0 fully saturated rings. The van der Waals surface area contributed by atoms with E-state index in [-0.39, 0.29) is 18.7 Å². The van der Waals surface area contributed by atoms with E-state index in [0.717, 1.165) is 25.8 Å². The van der Waals surface area contributed by atoms with Gasteiger partial charge in [-0.2, -0.15) is 0 Å². The molecule has 0 saturated carbocycles. The Kier molecular flexibility index (Phi) is 10.4. The SMILES string of the molecule is COCC(CCCNC(=O)OC(C)(C)C)NCCCO. The lowest BCUT2D eigenvalue weighted by Gasteiger charge is -2.20. The second kappa shape index (κ2) is 10.9. The van der Waals surface area contributed by atoms with E-state index >= 15 is 0 Å². The third-order valence-corrected chi connectivity index (χ3v) is 2.53. The number of aliphatic hydroxyl groups excluding tert-OH is 1. The van der Waals surface area contributed by atoms with Crippen LogP contribution in [0.4, 0.5) is 4.79 Å². The summed E-state index contributed by atoms with van der Waals surface area (Å²) in [5, 5.41) is 14.8. The molecule has 0 heterocycles. The van der Waals surface area contributed by atoms with E-state index < -0.39 is 5.60 Å². The molecule has 1 unspecified atom stereocenters. The minimum Gasteiger partial charge on any atom is -0.444 e. The van der Waals surface area contributed by atoms with Gasteiger partial charge in [-0.05, 0) is 46.6 Å². The number of carbonyl (C=O) groups is 1. The van der Waals surface area contributed by atoms with E-state index in [0.29, 0.717) is 13.2 Å². The first-order chi connectivity index (χ1) is 9.39. The number of rotatable bonds is 10. The van der Waals surface area contributed by atoms with Gasteiger partial charge < -0.3 is 25.2 Å². The lowest BCUT2D eigenvalue weighted by Crippen LogP contribution is -2.36. The van der Waals surface area contributed by atoms with Crippen LogP contribution in [0.15, 0.2) is 0 Å². The molecule has 1 amide bonds. The molecule has 0 aliphatic rings. The Morgan fingerprint density at radius 3 is 2.50 bits per heavy atom. The van der Waals surface area contributed by atoms with E-state index in [1.54, 1.807) is 7.11 Å². The number of carbonyl (C=O) groups excluding carboxylic acids is 1. The second-order valence-corrected chi connectivity index (χ2v) is 5.75. The maximum absolute atomic E-state index is 11.4. The van der Waals surface area contributed by atoms with Crippen molar-refractivity contribution >= 4 is 6.09 Å². The maximum Gasteiger partial charge on any atom is 0.407 e. The largest absolute Gasteiger partial charge is 0.444 e. The van der Waals surface area contributed by atoms with Gasteiger partial charge in [0.15, 0.2) is 0 Å². The quantitative estimate of drug-likeness (QED) is 0.528. The molecule has 0 bridgehead atoms. The fourth-order valence-corrected chi connectivity index (χ4v) is 1.68. The Bertz CT molecular complexity index is 254. The molecule has 0 radical (unpaired) electrons. The summed E-state index contributed by atoms with van der Waals surface area (Å²) in [7, 11) is 1.67. The van der Waals surface area contributed by atoms with Crippen molar-refractivity contribution in [2.75, 3.05) is 33.4 Å². The summed E-state index contributed by atoms with van der Waals surface area (Å²) in [6.07, 6.45) is 2.10. The highest BCUT2D eigenvalue weighted by Crippen LogP contribution is 2.06. The van der Waals surface area contributed by atoms with E-state index in [2.05, 4.69) is 10.6 Å². The van der Waals surface area contributed by atoms with Crippen molar-refractivity contribution in [2.45, 2.75) is 51.7 Å². The van der Waals surface area contributed by atoms with Crippen molar-refractivity contribution in [3.8, 4) is 0 Å². The molecule has 1 atom stereocenters. The zero-order valence-electron chi connectivity index (χ0n) is 13.2. The topological polar surface area (TPSA) is 79.8 Å². The van der Waals surface area contributed by atoms with Gasteiger partial charge in [-0.1, -0.05) is 0 Å². The minimum atomic E-state index is -0.464. The van der Waals surface area contributed by atoms with Crippen molar-refractivity contribution in [1.82, 2.24) is 10.6 Å². The zero-order chi connectivity index (χ0) is 15.4. The fourth-order valence-electron chi connectivity index (χ4n) is 1.68. The van der Waals surface area contributed by atoms with Crippen molar-refractivity contribution in [3.05, 3.63) is 0 Å². The van der Waals surface area contributed by atoms with Crippen LogP contribution >= 0.6 is 0 Å². The molecule has 6 heteroatoms. The van der Waals surface area contributed by atoms with Crippen LogP contribution in [0.1, 0.15) is 40.0 Å². The molecule has 0 rings (SSSR count). The van der Waals surface area contributed by atoms with Crippen LogP contribution in [-0.4, -0.2) is 56.3 Å². The number of hydrogen-bond acceptors (Lipinski definition) is 5. The maximum atomic E-state index is 11.4. The molecule has 0 aliphatic carbocycles. The molecule has 3 N–H and O–H groups in total. The van der Waals surface area contributed by atoms with Crippen LogP contribution in [0.2, 0.25) is 0 Å². The number of ether oxygens (including phenoxy) is 2. The third kappa shape index (κ3) is 12.2. The Hall–Kier alpha value is -0.850. The summed E-state index contributed by atoms with van der Waals surface area (Å²) in [5.41, 5.74) is -0.464. The average Bonchev–Trinajstić information content (AvgIpc) is 2.32. The first-order valence-corrected chi connectivity index (χ1v) is 7.19. The van der Waals surface area contributed by atoms with Gasteiger partial charge in [0.25, 0.3) is 0 Å². The van der Waals surface area contributed by atoms with Gasteiger partial charge in [0.05, 0.1) is 6.61 Å². The van der Waals surface area contributed by atoms with Crippen LogP contribution in [-0.2, 0) is 9.47 Å². The summed E-state index contributed by atoms with van der Waals surface area (Å²) >= 11 is 0. The van der Waals surface area contributed by atoms with Gasteiger partial charge in [0.2, 0.25) is 0 Å². The first kappa shape index (κ1) is 19.1. The highest BCUT2D eigenvalue weighted by molar-refractivity contribution is 5.67. The van der Waals surface area contributed by atoms with E-state index in [4.69, 9.17) is 14.6 Å². The highest BCUT2D eigenvalue weighted by atomic mass is 16.6. The Labute approximate surface area is 122 Å². The molecule has 0 aromatic carbocycles. The molecule has 6 nitrogen and oxygen atoms in total. The monoisotopic (exact) mass is 290 g/mol. The van der Waals surface area contributed by atoms with Crippen LogP contribution < -0.4 is 10.6 Å². The van der Waals surface area contributed by atoms with E-state index in [1.807, 2.05) is 20.8 Å². The van der Waals surface area contributed by atoms with Gasteiger partial charge in [-0.15, -0.1) is 0 Å². The highest BCUT2D eigenvalue weighted by Gasteiger charge is 2.15. The Balaban J connectivity index is 3.74. The van der Waals surface area contributed by atoms with Gasteiger partial charge in [0.1, 0.15) is 5.60 Å². The summed E-state index contributed by atoms with van der Waals surface area (Å²) in [5.74, 6) is 0. The van der Waals surface area contributed by atoms with Crippen LogP contribution in [0.3, 0.4) is 0 Å². The smallest absolute Gasteiger partial charge is 0.407 e. The minimum absolute atomic E-state index is 0.187. The van der Waals surface area contributed by atoms with E-state index in [1.165, 1.54) is 0 Å². The summed E-state index contributed by atoms with van der Waals surface area (Å²) in [4.78, 5) is 11.4. The number of nitrogens with one attached hydrogen (secondary N) is 2. The summed E-state index contributed by atoms with van der Waals surface area (Å²) in [6, 6.07) is 0.243. The Morgan fingerprint density at radius 1 is 1.25 bits per heavy atom. The van der Waals surface area contributed by atoms with Gasteiger partial charge in [-0.3, -0.25) is 0 Å². The molecule has 0 aromatic rings. The second-order valence-electron chi connectivity index (χ2n) is 5.75. The molecule has 120 valence electrons. The number of hydrogen-bond donors (Lipinski definition) is 3. The number of amides is 1. The van der Waals surface area contributed by atoms with Crippen molar-refractivity contribution in [1.29, 1.82) is 0 Å². The predicted octanol–water partition coefficient (Wildman–Crippen LogP) is 1.28. The van der Waals surface area contributed by atoms with Crippen LogP contribution in [0.5, 0.6) is 0 Å². The lowest BCUT2D eigenvalue weighted by atomic mass is 10.1. The van der Waals surface area contributed by atoms with Gasteiger partial charge in [-0.25, -0.2) is 4.79 Å². The standard InChI is InChI=1S/C14H30N2O4/c1-14(2,3)20-13(18)16-8-5-7-12(11-19-4)15-9-6-10-17/h12,15,17H,5-11H2,1-4H3,(H,16,18). The normalized spacial score (nSPS) is 13.1. The molecule has 0 aromatic heterocycles. The molecule has 0 saturated heterocycles. The molecular weight excluding hydrogens is 260 g/mol. The molecule has 20 heavy (non-hydrogen) atoms. The van der Waals surface area contributed by atoms with Crippen molar-refractivity contribution in [3.63, 3.8) is 0 Å². The van der Waals surface area contributed by atoms with Crippen molar-refractivity contribution in [2.24, 2.45) is 0 Å². The molecule has 0 spiro atoms. The third-order valence-electron chi connectivity index (χ3n) is 2.53. The van der Waals surface area contributed by atoms with Crippen LogP contribution in [0, 0.1) is 0 Å². The predicted molar refractivity (Wildman–Crippen MR) is 78.8 cm³/mol. The number of aliphatic hydroxyl groups is 1. The zero-order valence-corrected chi connectivity index (χ0v) is 13.2. The van der Waals surface area contributed by atoms with Gasteiger partial charge in [0, 0.05) is 26.3 Å². The molecular formula is C14H30N2O4. The number of methoxy groups -OCH3 is 1. The fraction of sp³-hybridized carbons (Fsp3) is 0.929. The number of alkyl carbamates (subject to hydrolysis) is 1. The van der Waals surface area contributed by atoms with E-state index in [9.17, 15) is 4.79 Å².